The third kappa shape index (κ3) is 3.78. The molecule has 0 saturated carbocycles. The lowest BCUT2D eigenvalue weighted by molar-refractivity contribution is -0.117. The molecule has 1 aliphatic rings. The summed E-state index contributed by atoms with van der Waals surface area (Å²) in [6.45, 7) is 4.78. The summed E-state index contributed by atoms with van der Waals surface area (Å²) in [6, 6.07) is 8.05. The number of nitrogens with zero attached hydrogens (tertiary/aromatic N) is 1. The van der Waals surface area contributed by atoms with E-state index < -0.39 is 5.82 Å². The van der Waals surface area contributed by atoms with Gasteiger partial charge in [0.1, 0.15) is 5.82 Å². The van der Waals surface area contributed by atoms with Crippen molar-refractivity contribution in [2.24, 2.45) is 0 Å². The number of aromatic amines is 1. The number of halogens is 2. The maximum absolute atomic E-state index is 13.8. The van der Waals surface area contributed by atoms with Gasteiger partial charge in [0.15, 0.2) is 5.43 Å². The zero-order valence-corrected chi connectivity index (χ0v) is 17.0. The summed E-state index contributed by atoms with van der Waals surface area (Å²) in [4.78, 5) is 30.7. The molecule has 0 aliphatic carbocycles. The highest BCUT2D eigenvalue weighted by Gasteiger charge is 2.23. The van der Waals surface area contributed by atoms with Gasteiger partial charge >= 0.3 is 0 Å². The molecule has 1 aromatic heterocycles. The van der Waals surface area contributed by atoms with E-state index in [0.717, 1.165) is 11.3 Å². The molecule has 5 nitrogen and oxygen atoms in total. The Morgan fingerprint density at radius 1 is 1.31 bits per heavy atom. The second-order valence-electron chi connectivity index (χ2n) is 7.48. The number of aromatic nitrogens is 1. The summed E-state index contributed by atoms with van der Waals surface area (Å²) >= 11 is 6.11. The average Bonchev–Trinajstić information content (AvgIpc) is 2.67. The van der Waals surface area contributed by atoms with Crippen molar-refractivity contribution in [2.45, 2.75) is 26.8 Å². The SMILES string of the molecule is Cc1c(Cl)cccc1NC(=O)CN1CCc2[nH]c3c(C)cc(F)cc3c(=O)c2C1. The first-order chi connectivity index (χ1) is 13.8. The second kappa shape index (κ2) is 7.61. The van der Waals surface area contributed by atoms with Crippen LogP contribution in [0.25, 0.3) is 10.9 Å². The number of benzene rings is 2. The van der Waals surface area contributed by atoms with Gasteiger partial charge in [-0.3, -0.25) is 14.5 Å². The molecule has 0 bridgehead atoms. The zero-order chi connectivity index (χ0) is 20.7. The molecule has 29 heavy (non-hydrogen) atoms. The van der Waals surface area contributed by atoms with Crippen LogP contribution in [-0.2, 0) is 17.8 Å². The number of carbonyl (C=O) groups excluding carboxylic acids is 1. The third-order valence-corrected chi connectivity index (χ3v) is 5.84. The van der Waals surface area contributed by atoms with Gasteiger partial charge in [0.05, 0.1) is 12.1 Å². The number of amides is 1. The number of nitrogens with one attached hydrogen (secondary N) is 2. The number of fused-ring (bicyclic) bond motifs is 2. The molecule has 0 radical (unpaired) electrons. The van der Waals surface area contributed by atoms with Crippen molar-refractivity contribution in [1.29, 1.82) is 0 Å². The molecular formula is C22H21ClFN3O2. The van der Waals surface area contributed by atoms with E-state index in [9.17, 15) is 14.0 Å². The van der Waals surface area contributed by atoms with E-state index in [0.29, 0.717) is 52.3 Å². The topological polar surface area (TPSA) is 65.2 Å². The van der Waals surface area contributed by atoms with E-state index >= 15 is 0 Å². The van der Waals surface area contributed by atoms with Crippen LogP contribution in [0.5, 0.6) is 0 Å². The maximum Gasteiger partial charge on any atom is 0.238 e. The standard InChI is InChI=1S/C22H21ClFN3O2/c1-12-8-14(24)9-15-21(12)26-19-6-7-27(10-16(19)22(15)29)11-20(28)25-18-5-3-4-17(23)13(18)2/h3-5,8-9H,6-7,10-11H2,1-2H3,(H,25,28)(H,26,29). The molecule has 0 atom stereocenters. The minimum absolute atomic E-state index is 0.158. The summed E-state index contributed by atoms with van der Waals surface area (Å²) in [5.41, 5.74) is 4.16. The van der Waals surface area contributed by atoms with Crippen molar-refractivity contribution < 1.29 is 9.18 Å². The van der Waals surface area contributed by atoms with Gasteiger partial charge in [-0.05, 0) is 49.2 Å². The van der Waals surface area contributed by atoms with Crippen LogP contribution in [0.1, 0.15) is 22.4 Å². The molecule has 2 aromatic carbocycles. The molecule has 4 rings (SSSR count). The van der Waals surface area contributed by atoms with E-state index in [-0.39, 0.29) is 17.9 Å². The third-order valence-electron chi connectivity index (χ3n) is 5.43. The van der Waals surface area contributed by atoms with Gasteiger partial charge < -0.3 is 10.3 Å². The summed E-state index contributed by atoms with van der Waals surface area (Å²) in [5.74, 6) is -0.595. The van der Waals surface area contributed by atoms with Crippen molar-refractivity contribution in [3.05, 3.63) is 73.8 Å². The Hall–Kier alpha value is -2.70. The first kappa shape index (κ1) is 19.6. The predicted octanol–water partition coefficient (Wildman–Crippen LogP) is 3.93. The number of aryl methyl sites for hydroxylation is 1. The molecule has 0 fully saturated rings. The molecule has 0 unspecified atom stereocenters. The van der Waals surface area contributed by atoms with E-state index in [1.807, 2.05) is 11.8 Å². The van der Waals surface area contributed by atoms with Crippen LogP contribution < -0.4 is 10.7 Å². The first-order valence-corrected chi connectivity index (χ1v) is 9.82. The van der Waals surface area contributed by atoms with Crippen LogP contribution >= 0.6 is 11.6 Å². The van der Waals surface area contributed by atoms with E-state index in [1.165, 1.54) is 12.1 Å². The van der Waals surface area contributed by atoms with Crippen molar-refractivity contribution in [3.63, 3.8) is 0 Å². The van der Waals surface area contributed by atoms with E-state index in [4.69, 9.17) is 11.6 Å². The number of rotatable bonds is 3. The molecule has 150 valence electrons. The monoisotopic (exact) mass is 413 g/mol. The Balaban J connectivity index is 1.55. The van der Waals surface area contributed by atoms with Crippen LogP contribution in [0.4, 0.5) is 10.1 Å². The second-order valence-corrected chi connectivity index (χ2v) is 7.88. The Bertz CT molecular complexity index is 1190. The molecule has 7 heteroatoms. The summed E-state index contributed by atoms with van der Waals surface area (Å²) in [6.07, 6.45) is 0.626. The normalized spacial score (nSPS) is 14.1. The Kier molecular flexibility index (Phi) is 5.15. The maximum atomic E-state index is 13.8. The average molecular weight is 414 g/mol. The highest BCUT2D eigenvalue weighted by molar-refractivity contribution is 6.31. The molecule has 1 amide bonds. The van der Waals surface area contributed by atoms with Crippen LogP contribution in [-0.4, -0.2) is 28.9 Å². The predicted molar refractivity (Wildman–Crippen MR) is 113 cm³/mol. The van der Waals surface area contributed by atoms with Gasteiger partial charge in [0.25, 0.3) is 0 Å². The largest absolute Gasteiger partial charge is 0.358 e. The number of hydrogen-bond acceptors (Lipinski definition) is 3. The lowest BCUT2D eigenvalue weighted by atomic mass is 10.0. The van der Waals surface area contributed by atoms with Crippen LogP contribution in [0.2, 0.25) is 5.02 Å². The smallest absolute Gasteiger partial charge is 0.238 e. The van der Waals surface area contributed by atoms with Crippen LogP contribution in [0.3, 0.4) is 0 Å². The molecule has 2 N–H and O–H groups in total. The fraction of sp³-hybridized carbons (Fsp3) is 0.273. The Labute approximate surface area is 172 Å². The van der Waals surface area contributed by atoms with Gasteiger partial charge in [-0.1, -0.05) is 17.7 Å². The van der Waals surface area contributed by atoms with E-state index in [2.05, 4.69) is 10.3 Å². The highest BCUT2D eigenvalue weighted by Crippen LogP contribution is 2.24. The van der Waals surface area contributed by atoms with Gasteiger partial charge in [-0.2, -0.15) is 0 Å². The molecule has 3 aromatic rings. The van der Waals surface area contributed by atoms with Crippen molar-refractivity contribution in [3.8, 4) is 0 Å². The lowest BCUT2D eigenvalue weighted by Crippen LogP contribution is -2.39. The Morgan fingerprint density at radius 3 is 2.90 bits per heavy atom. The highest BCUT2D eigenvalue weighted by atomic mass is 35.5. The van der Waals surface area contributed by atoms with Crippen molar-refractivity contribution >= 4 is 34.1 Å². The molecule has 0 spiro atoms. The Morgan fingerprint density at radius 2 is 2.10 bits per heavy atom. The van der Waals surface area contributed by atoms with Crippen LogP contribution in [0.15, 0.2) is 35.1 Å². The number of pyridine rings is 1. The number of H-pyrrole nitrogens is 1. The van der Waals surface area contributed by atoms with Gasteiger partial charge in [0, 0.05) is 46.9 Å². The quantitative estimate of drug-likeness (QED) is 0.683. The lowest BCUT2D eigenvalue weighted by Gasteiger charge is -2.28. The molecule has 2 heterocycles. The van der Waals surface area contributed by atoms with Crippen molar-refractivity contribution in [2.75, 3.05) is 18.4 Å². The summed E-state index contributed by atoms with van der Waals surface area (Å²) in [7, 11) is 0. The number of hydrogen-bond donors (Lipinski definition) is 2. The molecule has 1 aliphatic heterocycles. The number of carbonyl (C=O) groups is 1. The minimum atomic E-state index is -0.426. The fourth-order valence-electron chi connectivity index (χ4n) is 3.84. The molecule has 0 saturated heterocycles. The van der Waals surface area contributed by atoms with Crippen molar-refractivity contribution in [1.82, 2.24) is 9.88 Å². The van der Waals surface area contributed by atoms with Gasteiger partial charge in [0.2, 0.25) is 5.91 Å². The van der Waals surface area contributed by atoms with Gasteiger partial charge in [-0.15, -0.1) is 0 Å². The minimum Gasteiger partial charge on any atom is -0.358 e. The van der Waals surface area contributed by atoms with Crippen LogP contribution in [0, 0.1) is 19.7 Å². The summed E-state index contributed by atoms with van der Waals surface area (Å²) in [5, 5.41) is 3.82. The fourth-order valence-corrected chi connectivity index (χ4v) is 4.01. The van der Waals surface area contributed by atoms with Gasteiger partial charge in [-0.25, -0.2) is 4.39 Å². The summed E-state index contributed by atoms with van der Waals surface area (Å²) < 4.78 is 13.8. The number of anilines is 1. The first-order valence-electron chi connectivity index (χ1n) is 9.44. The zero-order valence-electron chi connectivity index (χ0n) is 16.2. The van der Waals surface area contributed by atoms with E-state index in [1.54, 1.807) is 25.1 Å². The molecular weight excluding hydrogens is 393 g/mol.